The van der Waals surface area contributed by atoms with Crippen molar-refractivity contribution in [3.05, 3.63) is 71.3 Å². The summed E-state index contributed by atoms with van der Waals surface area (Å²) in [5.74, 6) is 0.293. The zero-order chi connectivity index (χ0) is 16.5. The molecular formula is C21H22AsNO. The number of Topliss-reactive ketones (excluding diaryl/α,β-unsaturated/α-hetero) is 1. The molecule has 0 radical (unpaired) electrons. The van der Waals surface area contributed by atoms with E-state index in [1.54, 1.807) is 16.8 Å². The van der Waals surface area contributed by atoms with E-state index >= 15 is 0 Å². The van der Waals surface area contributed by atoms with E-state index in [0.29, 0.717) is 16.9 Å². The molecule has 3 heteroatoms. The van der Waals surface area contributed by atoms with E-state index in [2.05, 4.69) is 59.5 Å². The molecule has 0 N–H and O–H groups in total. The molecule has 0 aliphatic carbocycles. The Morgan fingerprint density at radius 3 is 2.67 bits per heavy atom. The van der Waals surface area contributed by atoms with Crippen LogP contribution < -0.4 is 4.35 Å². The molecule has 1 saturated heterocycles. The maximum atomic E-state index is 11.3. The number of fused-ring (bicyclic) bond motifs is 2. The quantitative estimate of drug-likeness (QED) is 0.762. The maximum absolute atomic E-state index is 11.3. The van der Waals surface area contributed by atoms with Crippen LogP contribution in [0.3, 0.4) is 0 Å². The summed E-state index contributed by atoms with van der Waals surface area (Å²) in [6, 6.07) is 19.8. The molecule has 0 bridgehead atoms. The van der Waals surface area contributed by atoms with Crippen molar-refractivity contribution in [1.82, 2.24) is 4.90 Å². The van der Waals surface area contributed by atoms with Gasteiger partial charge in [0.25, 0.3) is 0 Å². The fourth-order valence-corrected chi connectivity index (χ4v) is 7.34. The van der Waals surface area contributed by atoms with Crippen LogP contribution in [-0.2, 0) is 4.79 Å². The Balaban J connectivity index is 1.75. The molecule has 2 aromatic rings. The number of benzene rings is 2. The molecule has 1 fully saturated rings. The van der Waals surface area contributed by atoms with Crippen molar-refractivity contribution in [3.63, 3.8) is 0 Å². The van der Waals surface area contributed by atoms with Crippen LogP contribution in [0, 0.1) is 0 Å². The van der Waals surface area contributed by atoms with E-state index in [-0.39, 0.29) is 15.8 Å². The van der Waals surface area contributed by atoms with Gasteiger partial charge in [0.2, 0.25) is 0 Å². The molecular weight excluding hydrogens is 357 g/mol. The van der Waals surface area contributed by atoms with Crippen LogP contribution in [0.25, 0.3) is 5.57 Å². The number of ketones is 1. The van der Waals surface area contributed by atoms with Crippen molar-refractivity contribution in [1.29, 1.82) is 0 Å². The van der Waals surface area contributed by atoms with Crippen LogP contribution in [0.5, 0.6) is 0 Å². The third kappa shape index (κ3) is 3.01. The van der Waals surface area contributed by atoms with E-state index < -0.39 is 0 Å². The third-order valence-electron chi connectivity index (χ3n) is 4.95. The molecule has 24 heavy (non-hydrogen) atoms. The topological polar surface area (TPSA) is 20.3 Å². The predicted octanol–water partition coefficient (Wildman–Crippen LogP) is 2.65. The van der Waals surface area contributed by atoms with E-state index in [1.807, 2.05) is 0 Å². The summed E-state index contributed by atoms with van der Waals surface area (Å²) in [6.45, 7) is 4.76. The number of carbonyl (C=O) groups is 1. The van der Waals surface area contributed by atoms with Gasteiger partial charge in [0.15, 0.2) is 0 Å². The van der Waals surface area contributed by atoms with Crippen LogP contribution in [0.4, 0.5) is 0 Å². The van der Waals surface area contributed by atoms with Crippen molar-refractivity contribution < 1.29 is 4.79 Å². The summed E-state index contributed by atoms with van der Waals surface area (Å²) in [6.07, 6.45) is 0.674. The Kier molecular flexibility index (Phi) is 4.43. The minimum atomic E-state index is -0.161. The molecule has 2 aromatic carbocycles. The second-order valence-electron chi connectivity index (χ2n) is 6.70. The van der Waals surface area contributed by atoms with Gasteiger partial charge in [-0.3, -0.25) is 0 Å². The summed E-state index contributed by atoms with van der Waals surface area (Å²) in [7, 11) is 0. The average molecular weight is 379 g/mol. The van der Waals surface area contributed by atoms with Crippen LogP contribution in [0.2, 0.25) is 4.71 Å². The first-order valence-electron chi connectivity index (χ1n) is 8.58. The van der Waals surface area contributed by atoms with Crippen molar-refractivity contribution in [2.24, 2.45) is 0 Å². The SMILES string of the molecule is CC(=O)CCN1CC2=C(c3ccccc3)c3ccccc3[AsH]C2C1. The second kappa shape index (κ2) is 6.70. The molecule has 2 aliphatic rings. The molecule has 0 saturated carbocycles. The van der Waals surface area contributed by atoms with Crippen molar-refractivity contribution in [3.8, 4) is 0 Å². The monoisotopic (exact) mass is 379 g/mol. The summed E-state index contributed by atoms with van der Waals surface area (Å²) in [5.41, 5.74) is 5.85. The Bertz CT molecular complexity index is 796. The Morgan fingerprint density at radius 1 is 1.12 bits per heavy atom. The van der Waals surface area contributed by atoms with E-state index in [4.69, 9.17) is 0 Å². The fraction of sp³-hybridized carbons (Fsp3) is 0.286. The first-order valence-corrected chi connectivity index (χ1v) is 10.8. The number of likely N-dealkylation sites (tertiary alicyclic amines) is 1. The zero-order valence-electron chi connectivity index (χ0n) is 14.0. The van der Waals surface area contributed by atoms with Crippen molar-refractivity contribution >= 4 is 31.5 Å². The standard InChI is InChI=1S/C21H22AsNO/c1-15(24)11-12-23-13-18-20(14-23)22-19-10-6-5-9-17(19)21(18)16-7-3-2-4-8-16/h2-10,20,22H,11-14H2,1H3. The summed E-state index contributed by atoms with van der Waals surface area (Å²) in [5, 5.41) is 0. The van der Waals surface area contributed by atoms with Crippen LogP contribution in [0.15, 0.2) is 60.2 Å². The van der Waals surface area contributed by atoms with Gasteiger partial charge in [0.1, 0.15) is 0 Å². The van der Waals surface area contributed by atoms with Gasteiger partial charge >= 0.3 is 150 Å². The molecule has 2 aliphatic heterocycles. The minimum absolute atomic E-state index is 0.161. The van der Waals surface area contributed by atoms with Gasteiger partial charge in [-0.2, -0.15) is 0 Å². The average Bonchev–Trinajstić information content (AvgIpc) is 3.01. The Labute approximate surface area is 150 Å². The first kappa shape index (κ1) is 15.9. The Hall–Kier alpha value is -1.63. The molecule has 2 atom stereocenters. The van der Waals surface area contributed by atoms with Gasteiger partial charge in [-0.1, -0.05) is 0 Å². The first-order chi connectivity index (χ1) is 11.7. The summed E-state index contributed by atoms with van der Waals surface area (Å²) in [4.78, 5) is 13.8. The Morgan fingerprint density at radius 2 is 1.88 bits per heavy atom. The fourth-order valence-electron chi connectivity index (χ4n) is 3.79. The molecule has 2 unspecified atom stereocenters. The van der Waals surface area contributed by atoms with Gasteiger partial charge in [-0.25, -0.2) is 0 Å². The molecule has 0 amide bonds. The van der Waals surface area contributed by atoms with Crippen LogP contribution in [-0.4, -0.2) is 46.1 Å². The molecule has 4 rings (SSSR count). The number of hydrogen-bond acceptors (Lipinski definition) is 2. The van der Waals surface area contributed by atoms with Gasteiger partial charge < -0.3 is 0 Å². The number of rotatable bonds is 4. The predicted molar refractivity (Wildman–Crippen MR) is 101 cm³/mol. The van der Waals surface area contributed by atoms with Gasteiger partial charge in [0.05, 0.1) is 0 Å². The van der Waals surface area contributed by atoms with Crippen molar-refractivity contribution in [2.75, 3.05) is 19.6 Å². The molecule has 122 valence electrons. The molecule has 0 spiro atoms. The number of hydrogen-bond donors (Lipinski definition) is 0. The third-order valence-corrected chi connectivity index (χ3v) is 8.36. The van der Waals surface area contributed by atoms with Gasteiger partial charge in [-0.15, -0.1) is 0 Å². The summed E-state index contributed by atoms with van der Waals surface area (Å²) >= 11 is -0.161. The zero-order valence-corrected chi connectivity index (χ0v) is 16.1. The second-order valence-corrected chi connectivity index (χ2v) is 9.89. The van der Waals surface area contributed by atoms with E-state index in [9.17, 15) is 4.79 Å². The van der Waals surface area contributed by atoms with Crippen LogP contribution in [0.1, 0.15) is 24.5 Å². The summed E-state index contributed by atoms with van der Waals surface area (Å²) < 4.78 is 2.29. The van der Waals surface area contributed by atoms with E-state index in [1.165, 1.54) is 16.7 Å². The normalized spacial score (nSPS) is 21.0. The van der Waals surface area contributed by atoms with E-state index in [0.717, 1.165) is 19.6 Å². The number of nitrogens with zero attached hydrogens (tertiary/aromatic N) is 1. The van der Waals surface area contributed by atoms with Crippen molar-refractivity contribution in [2.45, 2.75) is 18.1 Å². The molecule has 2 heterocycles. The number of carbonyl (C=O) groups excluding carboxylic acids is 1. The van der Waals surface area contributed by atoms with Gasteiger partial charge in [0, 0.05) is 0 Å². The molecule has 0 aromatic heterocycles. The van der Waals surface area contributed by atoms with Crippen LogP contribution >= 0.6 is 0 Å². The molecule has 2 nitrogen and oxygen atoms in total. The van der Waals surface area contributed by atoms with Gasteiger partial charge in [-0.05, 0) is 0 Å².